The molecule has 1 saturated carbocycles. The van der Waals surface area contributed by atoms with Gasteiger partial charge in [0.2, 0.25) is 0 Å². The molecule has 17 heavy (non-hydrogen) atoms. The van der Waals surface area contributed by atoms with Crippen LogP contribution in [-0.4, -0.2) is 35.1 Å². The minimum absolute atomic E-state index is 0.571. The third-order valence-electron chi connectivity index (χ3n) is 2.34. The zero-order valence-corrected chi connectivity index (χ0v) is 8.22. The number of nitrogens with one attached hydrogen (secondary N) is 1. The van der Waals surface area contributed by atoms with Crippen molar-refractivity contribution < 1.29 is 36.6 Å². The Kier molecular flexibility index (Phi) is 3.30. The highest BCUT2D eigenvalue weighted by molar-refractivity contribution is 5.86. The molecule has 2 atom stereocenters. The molecule has 2 N–H and O–H groups in total. The Labute approximate surface area is 91.8 Å². The van der Waals surface area contributed by atoms with Gasteiger partial charge >= 0.3 is 18.1 Å². The van der Waals surface area contributed by atoms with E-state index in [4.69, 9.17) is 5.11 Å². The van der Waals surface area contributed by atoms with Crippen molar-refractivity contribution in [1.82, 2.24) is 5.32 Å². The van der Waals surface area contributed by atoms with Crippen molar-refractivity contribution in [2.75, 3.05) is 0 Å². The lowest BCUT2D eigenvalue weighted by atomic mass is 10.1. The number of carbonyl (C=O) groups excluding carboxylic acids is 1. The second-order valence-corrected chi connectivity index (χ2v) is 3.76. The fourth-order valence-electron chi connectivity index (χ4n) is 1.27. The van der Waals surface area contributed by atoms with Gasteiger partial charge in [0.1, 0.15) is 6.04 Å². The summed E-state index contributed by atoms with van der Waals surface area (Å²) in [6, 6.07) is -1.96. The SMILES string of the molecule is O=C(O)[C@H](CC1CC1(F)F)NC(=O)C(F)(F)F. The Hall–Kier alpha value is -1.41. The van der Waals surface area contributed by atoms with Gasteiger partial charge in [-0.25, -0.2) is 13.6 Å². The molecule has 1 fully saturated rings. The topological polar surface area (TPSA) is 66.4 Å². The minimum atomic E-state index is -5.24. The molecule has 9 heteroatoms. The predicted octanol–water partition coefficient (Wildman–Crippen LogP) is 1.16. The summed E-state index contributed by atoms with van der Waals surface area (Å²) in [5.74, 6) is -8.56. The number of halogens is 5. The number of alkyl halides is 5. The molecule has 0 aliphatic heterocycles. The second kappa shape index (κ2) is 4.11. The molecule has 1 unspecified atom stereocenters. The van der Waals surface area contributed by atoms with E-state index < -0.39 is 48.8 Å². The molecule has 0 bridgehead atoms. The van der Waals surface area contributed by atoms with E-state index >= 15 is 0 Å². The Balaban J connectivity index is 2.56. The zero-order valence-electron chi connectivity index (χ0n) is 8.22. The van der Waals surface area contributed by atoms with Crippen LogP contribution in [-0.2, 0) is 9.59 Å². The summed E-state index contributed by atoms with van der Waals surface area (Å²) >= 11 is 0. The van der Waals surface area contributed by atoms with Gasteiger partial charge in [0.05, 0.1) is 0 Å². The minimum Gasteiger partial charge on any atom is -0.480 e. The van der Waals surface area contributed by atoms with Gasteiger partial charge in [-0.05, 0) is 6.42 Å². The maximum Gasteiger partial charge on any atom is 0.471 e. The number of aliphatic carboxylic acids is 1. The lowest BCUT2D eigenvalue weighted by Crippen LogP contribution is -2.47. The number of hydrogen-bond acceptors (Lipinski definition) is 2. The fraction of sp³-hybridized carbons (Fsp3) is 0.750. The zero-order chi connectivity index (χ0) is 13.4. The maximum atomic E-state index is 12.5. The van der Waals surface area contributed by atoms with Gasteiger partial charge in [-0.2, -0.15) is 13.2 Å². The summed E-state index contributed by atoms with van der Waals surface area (Å²) in [4.78, 5) is 21.0. The quantitative estimate of drug-likeness (QED) is 0.746. The molecule has 0 aromatic rings. The first kappa shape index (κ1) is 13.7. The van der Waals surface area contributed by atoms with Crippen LogP contribution in [0.25, 0.3) is 0 Å². The van der Waals surface area contributed by atoms with Gasteiger partial charge in [-0.15, -0.1) is 0 Å². The van der Waals surface area contributed by atoms with Crippen molar-refractivity contribution in [3.05, 3.63) is 0 Å². The lowest BCUT2D eigenvalue weighted by Gasteiger charge is -2.15. The van der Waals surface area contributed by atoms with Gasteiger partial charge in [0, 0.05) is 12.3 Å². The molecule has 98 valence electrons. The summed E-state index contributed by atoms with van der Waals surface area (Å²) < 4.78 is 60.4. The summed E-state index contributed by atoms with van der Waals surface area (Å²) in [5.41, 5.74) is 0. The molecule has 0 heterocycles. The molecule has 1 aliphatic carbocycles. The van der Waals surface area contributed by atoms with E-state index in [2.05, 4.69) is 0 Å². The van der Waals surface area contributed by atoms with E-state index in [-0.39, 0.29) is 0 Å². The smallest absolute Gasteiger partial charge is 0.471 e. The molecule has 0 aromatic carbocycles. The van der Waals surface area contributed by atoms with Gasteiger partial charge in [-0.1, -0.05) is 0 Å². The van der Waals surface area contributed by atoms with Crippen LogP contribution in [0.3, 0.4) is 0 Å². The van der Waals surface area contributed by atoms with E-state index in [0.717, 1.165) is 0 Å². The summed E-state index contributed by atoms with van der Waals surface area (Å²) in [5, 5.41) is 9.68. The van der Waals surface area contributed by atoms with Crippen LogP contribution in [0.15, 0.2) is 0 Å². The second-order valence-electron chi connectivity index (χ2n) is 3.76. The van der Waals surface area contributed by atoms with Crippen molar-refractivity contribution in [3.63, 3.8) is 0 Å². The molecule has 0 aromatic heterocycles. The molecule has 1 rings (SSSR count). The highest BCUT2D eigenvalue weighted by Crippen LogP contribution is 2.51. The van der Waals surface area contributed by atoms with Crippen LogP contribution in [0, 0.1) is 5.92 Å². The van der Waals surface area contributed by atoms with Crippen LogP contribution in [0.1, 0.15) is 12.8 Å². The monoisotopic (exact) mass is 261 g/mol. The van der Waals surface area contributed by atoms with E-state index in [1.807, 2.05) is 0 Å². The highest BCUT2D eigenvalue weighted by atomic mass is 19.4. The molecular weight excluding hydrogens is 253 g/mol. The van der Waals surface area contributed by atoms with Gasteiger partial charge in [-0.3, -0.25) is 4.79 Å². The van der Waals surface area contributed by atoms with Crippen LogP contribution in [0.2, 0.25) is 0 Å². The van der Waals surface area contributed by atoms with Gasteiger partial charge in [0.25, 0.3) is 5.92 Å². The number of carboxylic acid groups (broad SMARTS) is 1. The summed E-state index contributed by atoms with van der Waals surface area (Å²) in [6.07, 6.45) is -6.53. The standard InChI is InChI=1S/C8H8F5NO3/c9-7(10)2-3(7)1-4(5(15)16)14-6(17)8(11,12)13/h3-4H,1-2H2,(H,14,17)(H,15,16)/t3?,4-/m0/s1. The summed E-state index contributed by atoms with van der Waals surface area (Å²) in [6.45, 7) is 0. The van der Waals surface area contributed by atoms with Crippen molar-refractivity contribution >= 4 is 11.9 Å². The van der Waals surface area contributed by atoms with Crippen molar-refractivity contribution in [3.8, 4) is 0 Å². The fourth-order valence-corrected chi connectivity index (χ4v) is 1.27. The first-order chi connectivity index (χ1) is 7.54. The van der Waals surface area contributed by atoms with Crippen molar-refractivity contribution in [2.45, 2.75) is 31.0 Å². The Morgan fingerprint density at radius 3 is 2.18 bits per heavy atom. The Bertz CT molecular complexity index is 341. The van der Waals surface area contributed by atoms with E-state index in [9.17, 15) is 31.5 Å². The number of hydrogen-bond donors (Lipinski definition) is 2. The van der Waals surface area contributed by atoms with Crippen molar-refractivity contribution in [1.29, 1.82) is 0 Å². The molecule has 0 saturated heterocycles. The van der Waals surface area contributed by atoms with E-state index in [1.165, 1.54) is 5.32 Å². The third-order valence-corrected chi connectivity index (χ3v) is 2.34. The molecule has 0 spiro atoms. The van der Waals surface area contributed by atoms with Crippen LogP contribution in [0.5, 0.6) is 0 Å². The van der Waals surface area contributed by atoms with Crippen LogP contribution >= 0.6 is 0 Å². The average Bonchev–Trinajstić information content (AvgIpc) is 2.70. The third kappa shape index (κ3) is 3.53. The normalized spacial score (nSPS) is 23.9. The Morgan fingerprint density at radius 2 is 1.88 bits per heavy atom. The predicted molar refractivity (Wildman–Crippen MR) is 43.3 cm³/mol. The maximum absolute atomic E-state index is 12.5. The number of amides is 1. The highest BCUT2D eigenvalue weighted by Gasteiger charge is 2.58. The summed E-state index contributed by atoms with van der Waals surface area (Å²) in [7, 11) is 0. The largest absolute Gasteiger partial charge is 0.480 e. The molecule has 0 radical (unpaired) electrons. The van der Waals surface area contributed by atoms with Crippen molar-refractivity contribution in [2.24, 2.45) is 5.92 Å². The molecular formula is C8H8F5NO3. The van der Waals surface area contributed by atoms with Crippen LogP contribution in [0.4, 0.5) is 22.0 Å². The number of carbonyl (C=O) groups is 2. The van der Waals surface area contributed by atoms with Gasteiger partial charge < -0.3 is 10.4 Å². The number of carboxylic acids is 1. The molecule has 4 nitrogen and oxygen atoms in total. The van der Waals surface area contributed by atoms with E-state index in [0.29, 0.717) is 0 Å². The molecule has 1 aliphatic rings. The lowest BCUT2D eigenvalue weighted by molar-refractivity contribution is -0.175. The number of rotatable bonds is 4. The first-order valence-corrected chi connectivity index (χ1v) is 4.52. The van der Waals surface area contributed by atoms with Gasteiger partial charge in [0.15, 0.2) is 0 Å². The molecule has 1 amide bonds. The van der Waals surface area contributed by atoms with Crippen LogP contribution < -0.4 is 5.32 Å². The first-order valence-electron chi connectivity index (χ1n) is 4.52. The average molecular weight is 261 g/mol. The Morgan fingerprint density at radius 1 is 1.41 bits per heavy atom. The van der Waals surface area contributed by atoms with E-state index in [1.54, 1.807) is 0 Å².